The lowest BCUT2D eigenvalue weighted by Gasteiger charge is -2.39. The average molecular weight is 363 g/mol. The molecular weight excluding hydrogens is 343 g/mol. The highest BCUT2D eigenvalue weighted by atomic mass is 19.4. The third-order valence-corrected chi connectivity index (χ3v) is 4.70. The Morgan fingerprint density at radius 3 is 2.27 bits per heavy atom. The van der Waals surface area contributed by atoms with Crippen molar-refractivity contribution in [3.05, 3.63) is 53.3 Å². The molecule has 4 nitrogen and oxygen atoms in total. The van der Waals surface area contributed by atoms with Gasteiger partial charge in [0.2, 0.25) is 5.95 Å². The van der Waals surface area contributed by atoms with Gasteiger partial charge in [-0.15, -0.1) is 0 Å². The summed E-state index contributed by atoms with van der Waals surface area (Å²) in [4.78, 5) is 20.7. The Labute approximate surface area is 150 Å². The van der Waals surface area contributed by atoms with Gasteiger partial charge in [0.1, 0.15) is 5.78 Å². The van der Waals surface area contributed by atoms with Gasteiger partial charge in [-0.2, -0.15) is 13.2 Å². The predicted molar refractivity (Wildman–Crippen MR) is 92.1 cm³/mol. The SMILES string of the molecule is CC(=O)C[C@@H](C)c1ccc(C2CN(c3ncc(C(F)(F)F)cn3)C2)cc1. The lowest BCUT2D eigenvalue weighted by Crippen LogP contribution is -2.46. The van der Waals surface area contributed by atoms with E-state index in [0.29, 0.717) is 31.4 Å². The van der Waals surface area contributed by atoms with Gasteiger partial charge in [-0.1, -0.05) is 31.2 Å². The van der Waals surface area contributed by atoms with Crippen molar-refractivity contribution in [2.45, 2.75) is 38.3 Å². The van der Waals surface area contributed by atoms with Gasteiger partial charge in [0.05, 0.1) is 5.56 Å². The van der Waals surface area contributed by atoms with E-state index >= 15 is 0 Å². The molecule has 138 valence electrons. The number of ketones is 1. The van der Waals surface area contributed by atoms with Crippen LogP contribution in [0.4, 0.5) is 19.1 Å². The smallest absolute Gasteiger partial charge is 0.339 e. The quantitative estimate of drug-likeness (QED) is 0.799. The number of anilines is 1. The van der Waals surface area contributed by atoms with Crippen molar-refractivity contribution in [3.63, 3.8) is 0 Å². The second-order valence-electron chi connectivity index (χ2n) is 6.85. The summed E-state index contributed by atoms with van der Waals surface area (Å²) in [5, 5.41) is 0. The number of nitrogens with zero attached hydrogens (tertiary/aromatic N) is 3. The molecule has 1 saturated heterocycles. The molecule has 0 N–H and O–H groups in total. The van der Waals surface area contributed by atoms with E-state index in [1.165, 1.54) is 5.56 Å². The molecule has 7 heteroatoms. The van der Waals surface area contributed by atoms with Crippen LogP contribution in [0, 0.1) is 0 Å². The Bertz CT molecular complexity index is 766. The number of hydrogen-bond acceptors (Lipinski definition) is 4. The first-order valence-electron chi connectivity index (χ1n) is 8.47. The molecule has 1 aliphatic heterocycles. The summed E-state index contributed by atoms with van der Waals surface area (Å²) in [5.74, 6) is 0.992. The molecule has 1 aromatic carbocycles. The number of aromatic nitrogens is 2. The van der Waals surface area contributed by atoms with Crippen LogP contribution in [-0.4, -0.2) is 28.8 Å². The fourth-order valence-corrected chi connectivity index (χ4v) is 3.13. The van der Waals surface area contributed by atoms with Gasteiger partial charge < -0.3 is 9.69 Å². The number of Topliss-reactive ketones (excluding diaryl/α,β-unsaturated/α-hetero) is 1. The van der Waals surface area contributed by atoms with Crippen LogP contribution in [0.3, 0.4) is 0 Å². The van der Waals surface area contributed by atoms with Crippen LogP contribution in [0.1, 0.15) is 48.8 Å². The summed E-state index contributed by atoms with van der Waals surface area (Å²) in [6.45, 7) is 4.97. The lowest BCUT2D eigenvalue weighted by molar-refractivity contribution is -0.138. The molecule has 0 radical (unpaired) electrons. The molecule has 26 heavy (non-hydrogen) atoms. The molecule has 2 aromatic rings. The lowest BCUT2D eigenvalue weighted by atomic mass is 9.89. The maximum absolute atomic E-state index is 12.5. The molecule has 0 aliphatic carbocycles. The Balaban J connectivity index is 1.58. The maximum atomic E-state index is 12.5. The van der Waals surface area contributed by atoms with Gasteiger partial charge >= 0.3 is 6.18 Å². The van der Waals surface area contributed by atoms with Crippen LogP contribution in [0.5, 0.6) is 0 Å². The number of halogens is 3. The molecule has 0 unspecified atom stereocenters. The van der Waals surface area contributed by atoms with Crippen molar-refractivity contribution in [3.8, 4) is 0 Å². The van der Waals surface area contributed by atoms with Gasteiger partial charge in [-0.05, 0) is 24.0 Å². The van der Waals surface area contributed by atoms with Crippen LogP contribution in [0.2, 0.25) is 0 Å². The van der Waals surface area contributed by atoms with Gasteiger partial charge in [-0.3, -0.25) is 0 Å². The Kier molecular flexibility index (Phi) is 4.98. The summed E-state index contributed by atoms with van der Waals surface area (Å²) < 4.78 is 37.6. The Morgan fingerprint density at radius 1 is 1.19 bits per heavy atom. The zero-order valence-corrected chi connectivity index (χ0v) is 14.6. The highest BCUT2D eigenvalue weighted by Crippen LogP contribution is 2.32. The van der Waals surface area contributed by atoms with Crippen molar-refractivity contribution in [2.75, 3.05) is 18.0 Å². The summed E-state index contributed by atoms with van der Waals surface area (Å²) in [5.41, 5.74) is 1.46. The first-order chi connectivity index (χ1) is 12.2. The summed E-state index contributed by atoms with van der Waals surface area (Å²) >= 11 is 0. The van der Waals surface area contributed by atoms with Crippen LogP contribution in [0.25, 0.3) is 0 Å². The standard InChI is InChI=1S/C19H20F3N3O/c1-12(7-13(2)26)14-3-5-15(6-4-14)16-10-25(11-16)18-23-8-17(9-24-18)19(20,21)22/h3-6,8-9,12,16H,7,10-11H2,1-2H3/t12-/m1/s1. The molecule has 1 aromatic heterocycles. The van der Waals surface area contributed by atoms with Crippen molar-refractivity contribution in [1.29, 1.82) is 0 Å². The third kappa shape index (κ3) is 4.03. The third-order valence-electron chi connectivity index (χ3n) is 4.70. The monoisotopic (exact) mass is 363 g/mol. The minimum Gasteiger partial charge on any atom is -0.339 e. The first-order valence-corrected chi connectivity index (χ1v) is 8.47. The second-order valence-corrected chi connectivity index (χ2v) is 6.85. The zero-order valence-electron chi connectivity index (χ0n) is 14.6. The number of rotatable bonds is 5. The van der Waals surface area contributed by atoms with Crippen LogP contribution in [-0.2, 0) is 11.0 Å². The average Bonchev–Trinajstić information content (AvgIpc) is 2.53. The number of carbonyl (C=O) groups is 1. The van der Waals surface area contributed by atoms with E-state index in [4.69, 9.17) is 0 Å². The minimum absolute atomic E-state index is 0.174. The van der Waals surface area contributed by atoms with Crippen molar-refractivity contribution in [2.24, 2.45) is 0 Å². The molecule has 3 rings (SSSR count). The first kappa shape index (κ1) is 18.4. The minimum atomic E-state index is -4.42. The highest BCUT2D eigenvalue weighted by molar-refractivity contribution is 5.76. The molecule has 0 bridgehead atoms. The predicted octanol–water partition coefficient (Wildman–Crippen LogP) is 4.18. The number of alkyl halides is 3. The fourth-order valence-electron chi connectivity index (χ4n) is 3.13. The van der Waals surface area contributed by atoms with Crippen molar-refractivity contribution < 1.29 is 18.0 Å². The Hall–Kier alpha value is -2.44. The van der Waals surface area contributed by atoms with Crippen molar-refractivity contribution >= 4 is 11.7 Å². The van der Waals surface area contributed by atoms with E-state index in [9.17, 15) is 18.0 Å². The molecule has 1 aliphatic rings. The molecular formula is C19H20F3N3O. The summed E-state index contributed by atoms with van der Waals surface area (Å²) in [6, 6.07) is 8.20. The van der Waals surface area contributed by atoms with E-state index in [1.54, 1.807) is 6.92 Å². The van der Waals surface area contributed by atoms with E-state index < -0.39 is 11.7 Å². The number of hydrogen-bond donors (Lipinski definition) is 0. The maximum Gasteiger partial charge on any atom is 0.419 e. The van der Waals surface area contributed by atoms with Crippen LogP contribution < -0.4 is 4.90 Å². The van der Waals surface area contributed by atoms with Crippen LogP contribution >= 0.6 is 0 Å². The van der Waals surface area contributed by atoms with Gasteiger partial charge in [0.25, 0.3) is 0 Å². The molecule has 1 atom stereocenters. The van der Waals surface area contributed by atoms with Gasteiger partial charge in [0, 0.05) is 37.8 Å². The molecule has 1 fully saturated rings. The molecule has 0 spiro atoms. The zero-order chi connectivity index (χ0) is 18.9. The van der Waals surface area contributed by atoms with Gasteiger partial charge in [0.15, 0.2) is 0 Å². The van der Waals surface area contributed by atoms with E-state index in [-0.39, 0.29) is 11.7 Å². The van der Waals surface area contributed by atoms with E-state index in [2.05, 4.69) is 22.1 Å². The molecule has 2 heterocycles. The fraction of sp³-hybridized carbons (Fsp3) is 0.421. The van der Waals surface area contributed by atoms with Crippen molar-refractivity contribution in [1.82, 2.24) is 9.97 Å². The van der Waals surface area contributed by atoms with Crippen LogP contribution in [0.15, 0.2) is 36.7 Å². The highest BCUT2D eigenvalue weighted by Gasteiger charge is 2.33. The second kappa shape index (κ2) is 7.05. The molecule has 0 amide bonds. The summed E-state index contributed by atoms with van der Waals surface area (Å²) in [7, 11) is 0. The largest absolute Gasteiger partial charge is 0.419 e. The van der Waals surface area contributed by atoms with E-state index in [0.717, 1.165) is 18.0 Å². The molecule has 0 saturated carbocycles. The van der Waals surface area contributed by atoms with E-state index in [1.807, 2.05) is 24.0 Å². The number of benzene rings is 1. The summed E-state index contributed by atoms with van der Waals surface area (Å²) in [6.07, 6.45) is -2.25. The topological polar surface area (TPSA) is 46.1 Å². The Morgan fingerprint density at radius 2 is 1.77 bits per heavy atom. The van der Waals surface area contributed by atoms with Gasteiger partial charge in [-0.25, -0.2) is 9.97 Å². The normalized spacial score (nSPS) is 16.3. The number of carbonyl (C=O) groups excluding carboxylic acids is 1.